The van der Waals surface area contributed by atoms with Gasteiger partial charge in [0.05, 0.1) is 0 Å². The van der Waals surface area contributed by atoms with Gasteiger partial charge in [0, 0.05) is 29.5 Å². The lowest BCUT2D eigenvalue weighted by Gasteiger charge is -2.26. The van der Waals surface area contributed by atoms with E-state index in [1.165, 1.54) is 10.9 Å². The van der Waals surface area contributed by atoms with E-state index < -0.39 is 0 Å². The molecular weight excluding hydrogens is 338 g/mol. The van der Waals surface area contributed by atoms with Gasteiger partial charge in [0.25, 0.3) is 0 Å². The smallest absolute Gasteiger partial charge is 0.161 e. The van der Waals surface area contributed by atoms with Gasteiger partial charge in [-0.2, -0.15) is 0 Å². The third-order valence-electron chi connectivity index (χ3n) is 5.33. The number of benzene rings is 2. The fraction of sp³-hybridized carbons (Fsp3) is 0.318. The standard InChI is InChI=1S/C22H23N3O2/c1-2-21-22(27-10-9-26-21)13-15(1)17-11-16-3-6-24-14-19(16)20(12-17)25-18-4-7-23-8-5-18/h1-3,6,11-14,18,23,25H,4-5,7-10H2. The number of fused-ring (bicyclic) bond motifs is 2. The largest absolute Gasteiger partial charge is 0.486 e. The van der Waals surface area contributed by atoms with Gasteiger partial charge in [0.15, 0.2) is 11.5 Å². The number of hydrogen-bond donors (Lipinski definition) is 2. The lowest BCUT2D eigenvalue weighted by Crippen LogP contribution is -2.35. The normalized spacial score (nSPS) is 17.0. The summed E-state index contributed by atoms with van der Waals surface area (Å²) in [6, 6.07) is 13.2. The zero-order valence-corrected chi connectivity index (χ0v) is 15.2. The average molecular weight is 361 g/mol. The van der Waals surface area contributed by atoms with Crippen LogP contribution in [0.1, 0.15) is 12.8 Å². The molecule has 138 valence electrons. The number of rotatable bonds is 3. The van der Waals surface area contributed by atoms with Gasteiger partial charge in [0.1, 0.15) is 13.2 Å². The molecular formula is C22H23N3O2. The molecule has 27 heavy (non-hydrogen) atoms. The van der Waals surface area contributed by atoms with E-state index in [9.17, 15) is 0 Å². The van der Waals surface area contributed by atoms with Crippen molar-refractivity contribution >= 4 is 16.5 Å². The van der Waals surface area contributed by atoms with Crippen molar-refractivity contribution in [3.05, 3.63) is 48.8 Å². The molecule has 5 rings (SSSR count). The molecule has 0 bridgehead atoms. The third-order valence-corrected chi connectivity index (χ3v) is 5.33. The van der Waals surface area contributed by atoms with Crippen molar-refractivity contribution in [2.45, 2.75) is 18.9 Å². The van der Waals surface area contributed by atoms with Crippen LogP contribution in [0, 0.1) is 0 Å². The van der Waals surface area contributed by atoms with Gasteiger partial charge >= 0.3 is 0 Å². The number of nitrogens with one attached hydrogen (secondary N) is 2. The molecule has 0 aliphatic carbocycles. The fourth-order valence-corrected chi connectivity index (χ4v) is 3.89. The number of hydrogen-bond acceptors (Lipinski definition) is 5. The highest BCUT2D eigenvalue weighted by Gasteiger charge is 2.16. The van der Waals surface area contributed by atoms with Crippen LogP contribution in [-0.2, 0) is 0 Å². The molecule has 3 heterocycles. The predicted molar refractivity (Wildman–Crippen MR) is 108 cm³/mol. The van der Waals surface area contributed by atoms with E-state index in [1.54, 1.807) is 0 Å². The van der Waals surface area contributed by atoms with E-state index in [1.807, 2.05) is 18.5 Å². The summed E-state index contributed by atoms with van der Waals surface area (Å²) in [6.07, 6.45) is 6.07. The van der Waals surface area contributed by atoms with Crippen LogP contribution < -0.4 is 20.1 Å². The number of ether oxygens (including phenoxy) is 2. The van der Waals surface area contributed by atoms with Crippen LogP contribution >= 0.6 is 0 Å². The number of aromatic nitrogens is 1. The Morgan fingerprint density at radius 1 is 0.926 bits per heavy atom. The summed E-state index contributed by atoms with van der Waals surface area (Å²) in [5.74, 6) is 1.64. The van der Waals surface area contributed by atoms with Crippen molar-refractivity contribution in [2.24, 2.45) is 0 Å². The Balaban J connectivity index is 1.56. The minimum Gasteiger partial charge on any atom is -0.486 e. The Hall–Kier alpha value is -2.79. The highest BCUT2D eigenvalue weighted by atomic mass is 16.6. The first kappa shape index (κ1) is 16.4. The monoisotopic (exact) mass is 361 g/mol. The van der Waals surface area contributed by atoms with E-state index in [-0.39, 0.29) is 0 Å². The Kier molecular flexibility index (Phi) is 4.30. The number of nitrogens with zero attached hydrogens (tertiary/aromatic N) is 1. The van der Waals surface area contributed by atoms with Gasteiger partial charge in [0.2, 0.25) is 0 Å². The summed E-state index contributed by atoms with van der Waals surface area (Å²) in [5.41, 5.74) is 3.45. The van der Waals surface area contributed by atoms with Crippen LogP contribution in [0.2, 0.25) is 0 Å². The van der Waals surface area contributed by atoms with E-state index >= 15 is 0 Å². The van der Waals surface area contributed by atoms with Crippen molar-refractivity contribution in [2.75, 3.05) is 31.6 Å². The van der Waals surface area contributed by atoms with Crippen LogP contribution in [0.25, 0.3) is 21.9 Å². The molecule has 0 radical (unpaired) electrons. The molecule has 1 saturated heterocycles. The van der Waals surface area contributed by atoms with Crippen LogP contribution in [-0.4, -0.2) is 37.3 Å². The van der Waals surface area contributed by atoms with Gasteiger partial charge in [-0.15, -0.1) is 0 Å². The first-order valence-corrected chi connectivity index (χ1v) is 9.62. The molecule has 0 saturated carbocycles. The van der Waals surface area contributed by atoms with Gasteiger partial charge in [-0.25, -0.2) is 0 Å². The van der Waals surface area contributed by atoms with Crippen molar-refractivity contribution in [1.29, 1.82) is 0 Å². The highest BCUT2D eigenvalue weighted by Crippen LogP contribution is 2.37. The summed E-state index contributed by atoms with van der Waals surface area (Å²) in [7, 11) is 0. The highest BCUT2D eigenvalue weighted by molar-refractivity contribution is 5.97. The van der Waals surface area contributed by atoms with Crippen LogP contribution in [0.5, 0.6) is 11.5 Å². The molecule has 1 fully saturated rings. The molecule has 0 amide bonds. The molecule has 5 heteroatoms. The first-order chi connectivity index (χ1) is 13.4. The number of piperidine rings is 1. The second kappa shape index (κ2) is 7.08. The SMILES string of the molecule is c1cc2cc(-c3ccc4c(c3)OCCO4)cc(NC3CCNCC3)c2cn1. The summed E-state index contributed by atoms with van der Waals surface area (Å²) in [4.78, 5) is 4.34. The van der Waals surface area contributed by atoms with Crippen molar-refractivity contribution in [1.82, 2.24) is 10.3 Å². The third kappa shape index (κ3) is 3.30. The van der Waals surface area contributed by atoms with Crippen molar-refractivity contribution < 1.29 is 9.47 Å². The van der Waals surface area contributed by atoms with Gasteiger partial charge in [-0.3, -0.25) is 4.98 Å². The predicted octanol–water partition coefficient (Wildman–Crippen LogP) is 3.84. The minimum atomic E-state index is 0.491. The lowest BCUT2D eigenvalue weighted by atomic mass is 9.99. The Morgan fingerprint density at radius 2 is 1.78 bits per heavy atom. The maximum atomic E-state index is 5.77. The van der Waals surface area contributed by atoms with Gasteiger partial charge in [-0.05, 0) is 72.8 Å². The molecule has 2 aliphatic rings. The molecule has 2 N–H and O–H groups in total. The molecule has 3 aromatic rings. The van der Waals surface area contributed by atoms with E-state index in [0.717, 1.165) is 54.1 Å². The Morgan fingerprint density at radius 3 is 2.67 bits per heavy atom. The average Bonchev–Trinajstić information content (AvgIpc) is 2.74. The van der Waals surface area contributed by atoms with Gasteiger partial charge in [-0.1, -0.05) is 6.07 Å². The van der Waals surface area contributed by atoms with Gasteiger partial charge < -0.3 is 20.1 Å². The molecule has 0 atom stereocenters. The van der Waals surface area contributed by atoms with E-state index in [2.05, 4.69) is 45.9 Å². The molecule has 5 nitrogen and oxygen atoms in total. The molecule has 1 aromatic heterocycles. The summed E-state index contributed by atoms with van der Waals surface area (Å²) >= 11 is 0. The molecule has 0 unspecified atom stereocenters. The van der Waals surface area contributed by atoms with E-state index in [0.29, 0.717) is 19.3 Å². The number of anilines is 1. The zero-order valence-electron chi connectivity index (χ0n) is 15.2. The maximum Gasteiger partial charge on any atom is 0.161 e. The molecule has 2 aromatic carbocycles. The van der Waals surface area contributed by atoms with E-state index in [4.69, 9.17) is 9.47 Å². The zero-order chi connectivity index (χ0) is 18.1. The maximum absolute atomic E-state index is 5.77. The second-order valence-corrected chi connectivity index (χ2v) is 7.15. The minimum absolute atomic E-state index is 0.491. The van der Waals surface area contributed by atoms with Crippen LogP contribution in [0.15, 0.2) is 48.8 Å². The molecule has 2 aliphatic heterocycles. The van der Waals surface area contributed by atoms with Crippen molar-refractivity contribution in [3.63, 3.8) is 0 Å². The Bertz CT molecular complexity index is 967. The summed E-state index contributed by atoms with van der Waals surface area (Å²) in [5, 5.41) is 9.54. The van der Waals surface area contributed by atoms with Crippen molar-refractivity contribution in [3.8, 4) is 22.6 Å². The lowest BCUT2D eigenvalue weighted by molar-refractivity contribution is 0.171. The quantitative estimate of drug-likeness (QED) is 0.742. The second-order valence-electron chi connectivity index (χ2n) is 7.15. The fourth-order valence-electron chi connectivity index (χ4n) is 3.89. The topological polar surface area (TPSA) is 55.4 Å². The molecule has 0 spiro atoms. The number of pyridine rings is 1. The van der Waals surface area contributed by atoms with Crippen LogP contribution in [0.3, 0.4) is 0 Å². The summed E-state index contributed by atoms with van der Waals surface area (Å²) < 4.78 is 11.4. The first-order valence-electron chi connectivity index (χ1n) is 9.62. The Labute approximate surface area is 158 Å². The summed E-state index contributed by atoms with van der Waals surface area (Å²) in [6.45, 7) is 3.34. The van der Waals surface area contributed by atoms with Crippen LogP contribution in [0.4, 0.5) is 5.69 Å².